The first-order valence-electron chi connectivity index (χ1n) is 6.98. The average Bonchev–Trinajstić information content (AvgIpc) is 2.37. The van der Waals surface area contributed by atoms with Crippen molar-refractivity contribution < 1.29 is 13.5 Å². The van der Waals surface area contributed by atoms with E-state index in [9.17, 15) is 13.5 Å². The van der Waals surface area contributed by atoms with Gasteiger partial charge >= 0.3 is 0 Å². The van der Waals surface area contributed by atoms with Gasteiger partial charge in [-0.05, 0) is 52.9 Å². The quantitative estimate of drug-likeness (QED) is 0.702. The summed E-state index contributed by atoms with van der Waals surface area (Å²) in [6.45, 7) is 1.89. The smallest absolute Gasteiger partial charge is 0.242 e. The van der Waals surface area contributed by atoms with Gasteiger partial charge in [-0.15, -0.1) is 0 Å². The molecule has 1 aromatic rings. The first-order valence-corrected chi connectivity index (χ1v) is 9.25. The Morgan fingerprint density at radius 3 is 2.81 bits per heavy atom. The number of nitrogens with one attached hydrogen (secondary N) is 1. The number of nitrogen functional groups attached to an aromatic ring is 1. The molecule has 1 aliphatic carbocycles. The minimum Gasteiger partial charge on any atom is -0.399 e. The molecule has 7 heteroatoms. The van der Waals surface area contributed by atoms with Crippen molar-refractivity contribution in [2.75, 3.05) is 12.3 Å². The maximum absolute atomic E-state index is 12.6. The predicted molar refractivity (Wildman–Crippen MR) is 86.3 cm³/mol. The van der Waals surface area contributed by atoms with Crippen LogP contribution in [0.4, 0.5) is 5.69 Å². The molecule has 2 rings (SSSR count). The summed E-state index contributed by atoms with van der Waals surface area (Å²) < 4.78 is 28.4. The molecule has 0 aromatic heterocycles. The molecule has 1 fully saturated rings. The number of benzene rings is 1. The van der Waals surface area contributed by atoms with Crippen LogP contribution in [0, 0.1) is 5.92 Å². The van der Waals surface area contributed by atoms with Crippen LogP contribution in [0.1, 0.15) is 32.6 Å². The number of aliphatic hydroxyl groups excluding tert-OH is 1. The van der Waals surface area contributed by atoms with E-state index in [1.165, 1.54) is 6.07 Å². The second-order valence-corrected chi connectivity index (χ2v) is 8.44. The Bertz CT molecular complexity index is 621. The molecule has 2 unspecified atom stereocenters. The van der Waals surface area contributed by atoms with Crippen molar-refractivity contribution in [3.05, 3.63) is 22.7 Å². The highest BCUT2D eigenvalue weighted by molar-refractivity contribution is 9.10. The van der Waals surface area contributed by atoms with Gasteiger partial charge in [-0.1, -0.05) is 19.8 Å². The molecule has 118 valence electrons. The van der Waals surface area contributed by atoms with Crippen molar-refractivity contribution in [2.24, 2.45) is 5.92 Å². The van der Waals surface area contributed by atoms with E-state index in [2.05, 4.69) is 27.6 Å². The second-order valence-electron chi connectivity index (χ2n) is 5.94. The van der Waals surface area contributed by atoms with E-state index in [4.69, 9.17) is 5.73 Å². The molecule has 0 spiro atoms. The Morgan fingerprint density at radius 1 is 1.52 bits per heavy atom. The van der Waals surface area contributed by atoms with Gasteiger partial charge in [0.25, 0.3) is 0 Å². The van der Waals surface area contributed by atoms with E-state index in [1.807, 2.05) is 0 Å². The maximum Gasteiger partial charge on any atom is 0.242 e. The van der Waals surface area contributed by atoms with Crippen LogP contribution in [-0.2, 0) is 10.0 Å². The van der Waals surface area contributed by atoms with Gasteiger partial charge in [0, 0.05) is 10.2 Å². The van der Waals surface area contributed by atoms with Gasteiger partial charge in [0.05, 0.1) is 17.0 Å². The Labute approximate surface area is 134 Å². The summed E-state index contributed by atoms with van der Waals surface area (Å²) in [4.78, 5) is 0.141. The average molecular weight is 377 g/mol. The molecule has 0 saturated heterocycles. The lowest BCUT2D eigenvalue weighted by molar-refractivity contribution is 0.119. The van der Waals surface area contributed by atoms with Gasteiger partial charge in [0.15, 0.2) is 0 Å². The van der Waals surface area contributed by atoms with Crippen LogP contribution < -0.4 is 10.5 Å². The Hall–Kier alpha value is -0.630. The van der Waals surface area contributed by atoms with Crippen molar-refractivity contribution in [3.8, 4) is 0 Å². The zero-order valence-electron chi connectivity index (χ0n) is 12.0. The van der Waals surface area contributed by atoms with Crippen molar-refractivity contribution in [2.45, 2.75) is 43.0 Å². The minimum atomic E-state index is -3.71. The molecule has 4 N–H and O–H groups in total. The topological polar surface area (TPSA) is 92.4 Å². The van der Waals surface area contributed by atoms with E-state index >= 15 is 0 Å². The summed E-state index contributed by atoms with van der Waals surface area (Å²) >= 11 is 3.24. The van der Waals surface area contributed by atoms with E-state index in [1.54, 1.807) is 12.1 Å². The van der Waals surface area contributed by atoms with Crippen molar-refractivity contribution >= 4 is 31.6 Å². The third-order valence-electron chi connectivity index (χ3n) is 3.99. The molecule has 1 aliphatic rings. The third kappa shape index (κ3) is 3.77. The van der Waals surface area contributed by atoms with Crippen LogP contribution in [0.5, 0.6) is 0 Å². The molecule has 21 heavy (non-hydrogen) atoms. The first kappa shape index (κ1) is 16.7. The minimum absolute atomic E-state index is 0.141. The fourth-order valence-electron chi connectivity index (χ4n) is 3.00. The number of sulfonamides is 1. The van der Waals surface area contributed by atoms with Gasteiger partial charge in [0.2, 0.25) is 10.0 Å². The van der Waals surface area contributed by atoms with E-state index in [0.717, 1.165) is 12.8 Å². The first-order chi connectivity index (χ1) is 9.78. The Kier molecular flexibility index (Phi) is 4.97. The molecule has 1 aromatic carbocycles. The highest BCUT2D eigenvalue weighted by Crippen LogP contribution is 2.34. The van der Waals surface area contributed by atoms with Crippen molar-refractivity contribution in [3.63, 3.8) is 0 Å². The molecule has 0 radical (unpaired) electrons. The van der Waals surface area contributed by atoms with Crippen LogP contribution in [0.2, 0.25) is 0 Å². The van der Waals surface area contributed by atoms with Crippen LogP contribution in [0.15, 0.2) is 27.6 Å². The molecule has 0 amide bonds. The van der Waals surface area contributed by atoms with Crippen LogP contribution in [-0.4, -0.2) is 25.7 Å². The molecular formula is C14H21BrN2O3S. The molecule has 0 aliphatic heterocycles. The zero-order valence-corrected chi connectivity index (χ0v) is 14.4. The highest BCUT2D eigenvalue weighted by atomic mass is 79.9. The predicted octanol–water partition coefficient (Wildman–Crippen LogP) is 2.25. The van der Waals surface area contributed by atoms with E-state index in [-0.39, 0.29) is 11.5 Å². The molecule has 1 saturated carbocycles. The lowest BCUT2D eigenvalue weighted by atomic mass is 9.78. The number of aliphatic hydroxyl groups is 1. The molecule has 2 atom stereocenters. The van der Waals surface area contributed by atoms with Gasteiger partial charge in [0.1, 0.15) is 0 Å². The summed E-state index contributed by atoms with van der Waals surface area (Å²) in [7, 11) is -3.71. The lowest BCUT2D eigenvalue weighted by Gasteiger charge is -2.39. The Morgan fingerprint density at radius 2 is 2.24 bits per heavy atom. The summed E-state index contributed by atoms with van der Waals surface area (Å²) in [5.74, 6) is 0.392. The fraction of sp³-hybridized carbons (Fsp3) is 0.571. The van der Waals surface area contributed by atoms with E-state index < -0.39 is 15.6 Å². The SMILES string of the molecule is CC1CCCC(CO)(NS(=O)(=O)c2ccc(N)cc2Br)C1. The zero-order chi connectivity index (χ0) is 15.7. The number of hydrogen-bond donors (Lipinski definition) is 3. The standard InChI is InChI=1S/C14H21BrN2O3S/c1-10-3-2-6-14(8-10,9-18)17-21(19,20)13-5-4-11(16)7-12(13)15/h4-5,7,10,17-18H,2-3,6,8-9,16H2,1H3. The summed E-state index contributed by atoms with van der Waals surface area (Å²) in [6, 6.07) is 4.58. The lowest BCUT2D eigenvalue weighted by Crippen LogP contribution is -2.53. The molecular weight excluding hydrogens is 356 g/mol. The molecule has 0 bridgehead atoms. The Balaban J connectivity index is 2.31. The largest absolute Gasteiger partial charge is 0.399 e. The van der Waals surface area contributed by atoms with Crippen LogP contribution >= 0.6 is 15.9 Å². The third-order valence-corrected chi connectivity index (χ3v) is 6.55. The number of hydrogen-bond acceptors (Lipinski definition) is 4. The summed E-state index contributed by atoms with van der Waals surface area (Å²) in [5.41, 5.74) is 5.36. The van der Waals surface area contributed by atoms with Crippen molar-refractivity contribution in [1.82, 2.24) is 4.72 Å². The summed E-state index contributed by atoms with van der Waals surface area (Å²) in [5, 5.41) is 9.72. The number of halogens is 1. The fourth-order valence-corrected chi connectivity index (χ4v) is 5.53. The van der Waals surface area contributed by atoms with Crippen LogP contribution in [0.25, 0.3) is 0 Å². The highest BCUT2D eigenvalue weighted by Gasteiger charge is 2.38. The number of anilines is 1. The number of nitrogens with two attached hydrogens (primary N) is 1. The van der Waals surface area contributed by atoms with Gasteiger partial charge < -0.3 is 10.8 Å². The van der Waals surface area contributed by atoms with E-state index in [0.29, 0.717) is 28.9 Å². The molecule has 0 heterocycles. The monoisotopic (exact) mass is 376 g/mol. The van der Waals surface area contributed by atoms with Gasteiger partial charge in [-0.25, -0.2) is 13.1 Å². The van der Waals surface area contributed by atoms with Crippen molar-refractivity contribution in [1.29, 1.82) is 0 Å². The molecule has 5 nitrogen and oxygen atoms in total. The normalized spacial score (nSPS) is 26.7. The number of rotatable bonds is 4. The summed E-state index contributed by atoms with van der Waals surface area (Å²) in [6.07, 6.45) is 3.27. The second kappa shape index (κ2) is 6.24. The maximum atomic E-state index is 12.6. The van der Waals surface area contributed by atoms with Gasteiger partial charge in [-0.3, -0.25) is 0 Å². The van der Waals surface area contributed by atoms with Crippen LogP contribution in [0.3, 0.4) is 0 Å². The van der Waals surface area contributed by atoms with Gasteiger partial charge in [-0.2, -0.15) is 0 Å².